The largest absolute Gasteiger partial charge is 0.313 e. The van der Waals surface area contributed by atoms with E-state index in [-0.39, 0.29) is 12.8 Å². The van der Waals surface area contributed by atoms with E-state index in [1.54, 1.807) is 0 Å². The molecule has 20 heavy (non-hydrogen) atoms. The molecule has 1 fully saturated rings. The number of hydrogen-bond acceptors (Lipinski definition) is 1. The average Bonchev–Trinajstić information content (AvgIpc) is 2.45. The molecule has 1 aromatic rings. The zero-order chi connectivity index (χ0) is 14.4. The Kier molecular flexibility index (Phi) is 5.53. The van der Waals surface area contributed by atoms with Gasteiger partial charge in [0, 0.05) is 18.9 Å². The van der Waals surface area contributed by atoms with Crippen LogP contribution in [0.3, 0.4) is 0 Å². The van der Waals surface area contributed by atoms with E-state index in [0.717, 1.165) is 19.4 Å². The number of alkyl halides is 2. The molecule has 1 N–H and O–H groups in total. The Morgan fingerprint density at radius 3 is 2.45 bits per heavy atom. The summed E-state index contributed by atoms with van der Waals surface area (Å²) in [5, 5.41) is 3.57. The lowest BCUT2D eigenvalue weighted by Crippen LogP contribution is -2.41. The first-order valence-corrected chi connectivity index (χ1v) is 7.76. The van der Waals surface area contributed by atoms with Gasteiger partial charge in [-0.25, -0.2) is 8.78 Å². The summed E-state index contributed by atoms with van der Waals surface area (Å²) < 4.78 is 26.6. The van der Waals surface area contributed by atoms with Crippen molar-refractivity contribution in [3.05, 3.63) is 35.9 Å². The zero-order valence-electron chi connectivity index (χ0n) is 12.2. The molecule has 0 spiro atoms. The number of rotatable bonds is 6. The summed E-state index contributed by atoms with van der Waals surface area (Å²) in [6.45, 7) is 3.10. The highest BCUT2D eigenvalue weighted by Crippen LogP contribution is 2.38. The minimum atomic E-state index is -2.43. The van der Waals surface area contributed by atoms with Crippen molar-refractivity contribution in [1.29, 1.82) is 0 Å². The lowest BCUT2D eigenvalue weighted by Gasteiger charge is -2.34. The van der Waals surface area contributed by atoms with Gasteiger partial charge in [0.25, 0.3) is 0 Å². The first kappa shape index (κ1) is 15.4. The molecule has 1 aliphatic rings. The molecule has 1 unspecified atom stereocenters. The van der Waals surface area contributed by atoms with Crippen LogP contribution >= 0.6 is 0 Å². The summed E-state index contributed by atoms with van der Waals surface area (Å²) in [5.41, 5.74) is 1.29. The third kappa shape index (κ3) is 4.55. The van der Waals surface area contributed by atoms with Crippen molar-refractivity contribution in [2.24, 2.45) is 5.92 Å². The average molecular weight is 281 g/mol. The molecule has 0 bridgehead atoms. The Morgan fingerprint density at radius 2 is 1.85 bits per heavy atom. The van der Waals surface area contributed by atoms with Crippen molar-refractivity contribution >= 4 is 0 Å². The molecular formula is C17H25F2N. The number of hydrogen-bond donors (Lipinski definition) is 1. The molecule has 1 atom stereocenters. The number of halogens is 2. The van der Waals surface area contributed by atoms with E-state index in [0.29, 0.717) is 24.8 Å². The van der Waals surface area contributed by atoms with Crippen molar-refractivity contribution in [3.8, 4) is 0 Å². The van der Waals surface area contributed by atoms with Gasteiger partial charge in [-0.15, -0.1) is 0 Å². The maximum absolute atomic E-state index is 13.3. The molecule has 0 aromatic heterocycles. The molecule has 0 saturated heterocycles. The summed E-state index contributed by atoms with van der Waals surface area (Å²) >= 11 is 0. The lowest BCUT2D eigenvalue weighted by molar-refractivity contribution is -0.0495. The van der Waals surface area contributed by atoms with E-state index in [4.69, 9.17) is 0 Å². The first-order valence-electron chi connectivity index (χ1n) is 7.76. The molecule has 1 nitrogen and oxygen atoms in total. The Labute approximate surface area is 120 Å². The molecule has 1 aromatic carbocycles. The highest BCUT2D eigenvalue weighted by atomic mass is 19.3. The highest BCUT2D eigenvalue weighted by Gasteiger charge is 2.37. The van der Waals surface area contributed by atoms with Gasteiger partial charge in [-0.2, -0.15) is 0 Å². The Balaban J connectivity index is 1.96. The Morgan fingerprint density at radius 1 is 1.20 bits per heavy atom. The van der Waals surface area contributed by atoms with Crippen LogP contribution in [0.4, 0.5) is 8.78 Å². The fourth-order valence-electron chi connectivity index (χ4n) is 3.07. The van der Waals surface area contributed by atoms with Gasteiger partial charge in [0.15, 0.2) is 0 Å². The maximum Gasteiger partial charge on any atom is 0.248 e. The number of nitrogens with one attached hydrogen (secondary N) is 1. The minimum Gasteiger partial charge on any atom is -0.313 e. The van der Waals surface area contributed by atoms with Gasteiger partial charge in [-0.1, -0.05) is 37.3 Å². The molecule has 112 valence electrons. The lowest BCUT2D eigenvalue weighted by atomic mass is 9.80. The highest BCUT2D eigenvalue weighted by molar-refractivity contribution is 5.16. The summed E-state index contributed by atoms with van der Waals surface area (Å²) in [5.74, 6) is -2.06. The topological polar surface area (TPSA) is 12.0 Å². The molecular weight excluding hydrogens is 256 g/mol. The van der Waals surface area contributed by atoms with Gasteiger partial charge < -0.3 is 5.32 Å². The van der Waals surface area contributed by atoms with E-state index in [1.807, 2.05) is 18.2 Å². The van der Waals surface area contributed by atoms with Crippen LogP contribution in [0.15, 0.2) is 30.3 Å². The fraction of sp³-hybridized carbons (Fsp3) is 0.647. The smallest absolute Gasteiger partial charge is 0.248 e. The van der Waals surface area contributed by atoms with Crippen molar-refractivity contribution in [2.75, 3.05) is 6.54 Å². The molecule has 0 heterocycles. The second-order valence-corrected chi connectivity index (χ2v) is 5.94. The van der Waals surface area contributed by atoms with Crippen LogP contribution < -0.4 is 5.32 Å². The van der Waals surface area contributed by atoms with E-state index >= 15 is 0 Å². The van der Waals surface area contributed by atoms with Crippen molar-refractivity contribution in [2.45, 2.75) is 57.4 Å². The van der Waals surface area contributed by atoms with Crippen molar-refractivity contribution in [1.82, 2.24) is 5.32 Å². The predicted molar refractivity (Wildman–Crippen MR) is 79.1 cm³/mol. The second kappa shape index (κ2) is 7.16. The summed E-state index contributed by atoms with van der Waals surface area (Å²) in [6.07, 6.45) is 3.40. The van der Waals surface area contributed by atoms with Gasteiger partial charge in [-0.05, 0) is 43.7 Å². The van der Waals surface area contributed by atoms with Crippen LogP contribution in [0.5, 0.6) is 0 Å². The third-order valence-electron chi connectivity index (χ3n) is 4.29. The van der Waals surface area contributed by atoms with E-state index < -0.39 is 5.92 Å². The minimum absolute atomic E-state index is 0.0523. The van der Waals surface area contributed by atoms with Crippen LogP contribution in [0.2, 0.25) is 0 Å². The van der Waals surface area contributed by atoms with Crippen LogP contribution in [0.1, 0.15) is 44.6 Å². The molecule has 2 rings (SSSR count). The van der Waals surface area contributed by atoms with Crippen LogP contribution in [0.25, 0.3) is 0 Å². The number of benzene rings is 1. The summed E-state index contributed by atoms with van der Waals surface area (Å²) in [7, 11) is 0. The van der Waals surface area contributed by atoms with E-state index in [1.165, 1.54) is 5.56 Å². The van der Waals surface area contributed by atoms with Crippen LogP contribution in [-0.4, -0.2) is 18.5 Å². The second-order valence-electron chi connectivity index (χ2n) is 5.94. The first-order chi connectivity index (χ1) is 9.61. The zero-order valence-corrected chi connectivity index (χ0v) is 12.2. The molecule has 3 heteroatoms. The van der Waals surface area contributed by atoms with E-state index in [9.17, 15) is 8.78 Å². The SMILES string of the molecule is CCCNC(Cc1ccccc1)C1CCC(F)(F)CC1. The van der Waals surface area contributed by atoms with Gasteiger partial charge in [0.1, 0.15) is 0 Å². The van der Waals surface area contributed by atoms with Gasteiger partial charge in [0.2, 0.25) is 5.92 Å². The monoisotopic (exact) mass is 281 g/mol. The molecule has 0 radical (unpaired) electrons. The standard InChI is InChI=1S/C17H25F2N/c1-2-12-20-16(13-14-6-4-3-5-7-14)15-8-10-17(18,19)11-9-15/h3-7,15-16,20H,2,8-13H2,1H3. The quantitative estimate of drug-likeness (QED) is 0.813. The van der Waals surface area contributed by atoms with Crippen molar-refractivity contribution in [3.63, 3.8) is 0 Å². The van der Waals surface area contributed by atoms with Gasteiger partial charge >= 0.3 is 0 Å². The fourth-order valence-corrected chi connectivity index (χ4v) is 3.07. The van der Waals surface area contributed by atoms with Crippen molar-refractivity contribution < 1.29 is 8.78 Å². The molecule has 1 saturated carbocycles. The third-order valence-corrected chi connectivity index (χ3v) is 4.29. The predicted octanol–water partition coefficient (Wildman–Crippen LogP) is 4.42. The maximum atomic E-state index is 13.3. The van der Waals surface area contributed by atoms with Gasteiger partial charge in [0.05, 0.1) is 0 Å². The van der Waals surface area contributed by atoms with Gasteiger partial charge in [-0.3, -0.25) is 0 Å². The van der Waals surface area contributed by atoms with Crippen LogP contribution in [-0.2, 0) is 6.42 Å². The Bertz CT molecular complexity index is 381. The summed E-state index contributed by atoms with van der Waals surface area (Å²) in [6, 6.07) is 10.7. The van der Waals surface area contributed by atoms with Crippen LogP contribution in [0, 0.1) is 5.92 Å². The molecule has 0 aliphatic heterocycles. The molecule has 1 aliphatic carbocycles. The normalized spacial score (nSPS) is 20.8. The summed E-state index contributed by atoms with van der Waals surface area (Å²) in [4.78, 5) is 0. The Hall–Kier alpha value is -0.960. The van der Waals surface area contributed by atoms with E-state index in [2.05, 4.69) is 24.4 Å². The molecule has 0 amide bonds.